The number of hydrogen-bond acceptors (Lipinski definition) is 3. The Bertz CT molecular complexity index is 1950. The van der Waals surface area contributed by atoms with Gasteiger partial charge in [0.25, 0.3) is 0 Å². The van der Waals surface area contributed by atoms with Gasteiger partial charge >= 0.3 is 0 Å². The summed E-state index contributed by atoms with van der Waals surface area (Å²) >= 11 is 0. The number of pyridine rings is 1. The number of aromatic nitrogens is 3. The predicted octanol–water partition coefficient (Wildman–Crippen LogP) is 9.67. The second-order valence-corrected chi connectivity index (χ2v) is 10.1. The van der Waals surface area contributed by atoms with Crippen LogP contribution in [0.15, 0.2) is 146 Å². The van der Waals surface area contributed by atoms with Crippen LogP contribution in [0.25, 0.3) is 66.9 Å². The van der Waals surface area contributed by atoms with Gasteiger partial charge in [0.2, 0.25) is 0 Å². The largest absolute Gasteiger partial charge is 0.265 e. The lowest BCUT2D eigenvalue weighted by Gasteiger charge is -2.18. The maximum absolute atomic E-state index is 5.48. The summed E-state index contributed by atoms with van der Waals surface area (Å²) in [5, 5.41) is 0. The molecule has 3 heteroatoms. The Morgan fingerprint density at radius 2 is 0.878 bits per heavy atom. The van der Waals surface area contributed by atoms with E-state index in [2.05, 4.69) is 115 Å². The van der Waals surface area contributed by atoms with Crippen molar-refractivity contribution < 1.29 is 0 Å². The molecule has 5 aromatic carbocycles. The third-order valence-electron chi connectivity index (χ3n) is 7.51. The molecule has 41 heavy (non-hydrogen) atoms. The van der Waals surface area contributed by atoms with Gasteiger partial charge in [0.15, 0.2) is 0 Å². The Morgan fingerprint density at radius 1 is 0.415 bits per heavy atom. The molecular formula is C38H27N3. The zero-order valence-corrected chi connectivity index (χ0v) is 22.7. The monoisotopic (exact) mass is 525 g/mol. The highest BCUT2D eigenvalue weighted by Gasteiger charge is 2.20. The highest BCUT2D eigenvalue weighted by Crippen LogP contribution is 2.40. The highest BCUT2D eigenvalue weighted by atomic mass is 14.8. The summed E-state index contributed by atoms with van der Waals surface area (Å²) in [5.41, 5.74) is 13.5. The van der Waals surface area contributed by atoms with Crippen molar-refractivity contribution in [1.29, 1.82) is 0 Å². The van der Waals surface area contributed by atoms with Crippen LogP contribution >= 0.6 is 0 Å². The lowest BCUT2D eigenvalue weighted by atomic mass is 9.92. The van der Waals surface area contributed by atoms with Crippen molar-refractivity contribution >= 4 is 11.0 Å². The van der Waals surface area contributed by atoms with Crippen LogP contribution in [0, 0.1) is 6.92 Å². The first-order chi connectivity index (χ1) is 20.3. The fourth-order valence-corrected chi connectivity index (χ4v) is 5.51. The first kappa shape index (κ1) is 24.6. The Labute approximate surface area is 239 Å². The van der Waals surface area contributed by atoms with Crippen molar-refractivity contribution in [3.05, 3.63) is 151 Å². The van der Waals surface area contributed by atoms with Gasteiger partial charge in [-0.2, -0.15) is 0 Å². The van der Waals surface area contributed by atoms with E-state index in [4.69, 9.17) is 9.97 Å². The summed E-state index contributed by atoms with van der Waals surface area (Å²) < 4.78 is 0. The molecule has 0 saturated carbocycles. The number of fused-ring (bicyclic) bond motifs is 1. The van der Waals surface area contributed by atoms with Crippen LogP contribution in [0.4, 0.5) is 0 Å². The molecule has 0 unspecified atom stereocenters. The third kappa shape index (κ3) is 4.68. The summed E-state index contributed by atoms with van der Waals surface area (Å²) in [7, 11) is 0. The molecule has 0 amide bonds. The number of hydrogen-bond donors (Lipinski definition) is 0. The van der Waals surface area contributed by atoms with E-state index in [0.717, 1.165) is 66.9 Å². The molecule has 7 aromatic rings. The first-order valence-electron chi connectivity index (χ1n) is 13.8. The van der Waals surface area contributed by atoms with Crippen LogP contribution < -0.4 is 0 Å². The van der Waals surface area contributed by atoms with E-state index < -0.39 is 0 Å². The standard InChI is InChI=1S/C38H27N3/c1-26-25-33(29-11-5-2-6-12-29)37-38(34(26)30-13-7-3-8-14-30)41-36(35(40-37)31-15-9-4-10-16-31)32-19-17-27(18-20-32)28-21-23-39-24-22-28/h2-25H,1H3. The van der Waals surface area contributed by atoms with Crippen molar-refractivity contribution in [2.45, 2.75) is 6.92 Å². The van der Waals surface area contributed by atoms with E-state index in [9.17, 15) is 0 Å². The van der Waals surface area contributed by atoms with Crippen molar-refractivity contribution in [2.75, 3.05) is 0 Å². The molecule has 0 N–H and O–H groups in total. The quantitative estimate of drug-likeness (QED) is 0.224. The van der Waals surface area contributed by atoms with Crippen LogP contribution in [0.3, 0.4) is 0 Å². The molecular weight excluding hydrogens is 498 g/mol. The molecule has 0 aliphatic carbocycles. The van der Waals surface area contributed by atoms with E-state index >= 15 is 0 Å². The van der Waals surface area contributed by atoms with E-state index in [-0.39, 0.29) is 0 Å². The topological polar surface area (TPSA) is 38.7 Å². The molecule has 0 aliphatic heterocycles. The van der Waals surface area contributed by atoms with Crippen LogP contribution in [0.2, 0.25) is 0 Å². The molecule has 2 heterocycles. The Kier molecular flexibility index (Phi) is 6.38. The van der Waals surface area contributed by atoms with Gasteiger partial charge in [0, 0.05) is 34.6 Å². The molecule has 0 aliphatic rings. The van der Waals surface area contributed by atoms with E-state index in [1.807, 2.05) is 42.7 Å². The van der Waals surface area contributed by atoms with Crippen LogP contribution in [-0.4, -0.2) is 15.0 Å². The SMILES string of the molecule is Cc1cc(-c2ccccc2)c2nc(-c3ccccc3)c(-c3ccc(-c4ccncc4)cc3)nc2c1-c1ccccc1. The normalized spacial score (nSPS) is 11.0. The molecule has 0 saturated heterocycles. The summed E-state index contributed by atoms with van der Waals surface area (Å²) in [4.78, 5) is 15.1. The lowest BCUT2D eigenvalue weighted by molar-refractivity contribution is 1.28. The van der Waals surface area contributed by atoms with Crippen molar-refractivity contribution in [2.24, 2.45) is 0 Å². The highest BCUT2D eigenvalue weighted by molar-refractivity contribution is 6.04. The molecule has 3 nitrogen and oxygen atoms in total. The average Bonchev–Trinajstić information content (AvgIpc) is 3.05. The zero-order chi connectivity index (χ0) is 27.6. The van der Waals surface area contributed by atoms with Gasteiger partial charge in [0.1, 0.15) is 0 Å². The zero-order valence-electron chi connectivity index (χ0n) is 22.7. The van der Waals surface area contributed by atoms with E-state index in [0.29, 0.717) is 0 Å². The second kappa shape index (κ2) is 10.6. The number of benzene rings is 5. The van der Waals surface area contributed by atoms with Gasteiger partial charge in [-0.3, -0.25) is 4.98 Å². The van der Waals surface area contributed by atoms with E-state index in [1.54, 1.807) is 0 Å². The molecule has 0 bridgehead atoms. The second-order valence-electron chi connectivity index (χ2n) is 10.1. The molecule has 0 fully saturated rings. The smallest absolute Gasteiger partial charge is 0.0982 e. The van der Waals surface area contributed by atoms with E-state index in [1.165, 1.54) is 5.56 Å². The van der Waals surface area contributed by atoms with Crippen LogP contribution in [0.5, 0.6) is 0 Å². The summed E-state index contributed by atoms with van der Waals surface area (Å²) in [6.07, 6.45) is 3.65. The fourth-order valence-electron chi connectivity index (χ4n) is 5.51. The Balaban J connectivity index is 1.54. The van der Waals surface area contributed by atoms with Gasteiger partial charge in [-0.25, -0.2) is 9.97 Å². The van der Waals surface area contributed by atoms with Gasteiger partial charge in [-0.15, -0.1) is 0 Å². The number of nitrogens with zero attached hydrogens (tertiary/aromatic N) is 3. The Hall–Kier alpha value is -5.41. The predicted molar refractivity (Wildman–Crippen MR) is 169 cm³/mol. The third-order valence-corrected chi connectivity index (χ3v) is 7.51. The summed E-state index contributed by atoms with van der Waals surface area (Å²) in [6.45, 7) is 2.17. The van der Waals surface area contributed by atoms with Crippen LogP contribution in [0.1, 0.15) is 5.56 Å². The number of aryl methyl sites for hydroxylation is 1. The molecule has 194 valence electrons. The van der Waals surface area contributed by atoms with Gasteiger partial charge < -0.3 is 0 Å². The molecule has 7 rings (SSSR count). The lowest BCUT2D eigenvalue weighted by Crippen LogP contribution is -2.00. The van der Waals surface area contributed by atoms with Gasteiger partial charge in [-0.1, -0.05) is 115 Å². The van der Waals surface area contributed by atoms with Gasteiger partial charge in [-0.05, 0) is 52.9 Å². The minimum Gasteiger partial charge on any atom is -0.265 e. The first-order valence-corrected chi connectivity index (χ1v) is 13.8. The van der Waals surface area contributed by atoms with Crippen molar-refractivity contribution in [1.82, 2.24) is 15.0 Å². The average molecular weight is 526 g/mol. The molecule has 0 atom stereocenters. The fraction of sp³-hybridized carbons (Fsp3) is 0.0263. The van der Waals surface area contributed by atoms with Crippen molar-refractivity contribution in [3.8, 4) is 55.9 Å². The van der Waals surface area contributed by atoms with Gasteiger partial charge in [0.05, 0.1) is 22.4 Å². The minimum absolute atomic E-state index is 0.867. The summed E-state index contributed by atoms with van der Waals surface area (Å²) in [5.74, 6) is 0. The molecule has 0 spiro atoms. The molecule has 0 radical (unpaired) electrons. The number of rotatable bonds is 5. The van der Waals surface area contributed by atoms with Crippen LogP contribution in [-0.2, 0) is 0 Å². The maximum atomic E-state index is 5.48. The summed E-state index contributed by atoms with van der Waals surface area (Å²) in [6, 6.07) is 46.3. The minimum atomic E-state index is 0.867. The van der Waals surface area contributed by atoms with Crippen molar-refractivity contribution in [3.63, 3.8) is 0 Å². The molecule has 2 aromatic heterocycles. The Morgan fingerprint density at radius 3 is 1.49 bits per heavy atom. The maximum Gasteiger partial charge on any atom is 0.0982 e.